The first-order valence-electron chi connectivity index (χ1n) is 10.1. The smallest absolute Gasteiger partial charge is 0.224 e. The van der Waals surface area contributed by atoms with E-state index in [-0.39, 0.29) is 30.7 Å². The van der Waals surface area contributed by atoms with Crippen molar-refractivity contribution >= 4 is 27.3 Å². The van der Waals surface area contributed by atoms with Gasteiger partial charge in [-0.1, -0.05) is 48.5 Å². The zero-order valence-corrected chi connectivity index (χ0v) is 19.5. The lowest BCUT2D eigenvalue weighted by atomic mass is 10.1. The van der Waals surface area contributed by atoms with Crippen molar-refractivity contribution in [1.29, 1.82) is 0 Å². The predicted molar refractivity (Wildman–Crippen MR) is 125 cm³/mol. The summed E-state index contributed by atoms with van der Waals surface area (Å²) in [4.78, 5) is 16.9. The summed E-state index contributed by atoms with van der Waals surface area (Å²) in [6, 6.07) is 14.9. The number of sulfonamides is 1. The molecular formula is C23H27N3O3S2. The molecule has 1 amide bonds. The Morgan fingerprint density at radius 1 is 1.06 bits per heavy atom. The molecule has 0 radical (unpaired) electrons. The van der Waals surface area contributed by atoms with Crippen LogP contribution in [0.15, 0.2) is 53.9 Å². The van der Waals surface area contributed by atoms with E-state index in [0.717, 1.165) is 27.4 Å². The Bertz CT molecular complexity index is 1140. The molecule has 6 nitrogen and oxygen atoms in total. The first-order chi connectivity index (χ1) is 14.7. The summed E-state index contributed by atoms with van der Waals surface area (Å²) < 4.78 is 27.1. The number of aryl methyl sites for hydroxylation is 1. The minimum Gasteiger partial charge on any atom is -0.352 e. The molecule has 1 heterocycles. The van der Waals surface area contributed by atoms with Crippen LogP contribution in [0.4, 0.5) is 0 Å². The van der Waals surface area contributed by atoms with Gasteiger partial charge in [0.15, 0.2) is 0 Å². The molecular weight excluding hydrogens is 430 g/mol. The van der Waals surface area contributed by atoms with Gasteiger partial charge in [-0.25, -0.2) is 18.1 Å². The quantitative estimate of drug-likeness (QED) is 0.512. The summed E-state index contributed by atoms with van der Waals surface area (Å²) in [5.74, 6) is -0.232. The molecule has 3 rings (SSSR count). The second-order valence-electron chi connectivity index (χ2n) is 7.70. The standard InChI is InChI=1S/C23H27N3O3S2/c1-16(2)26-31(28,29)15-21-7-5-4-6-20(21)13-24-23(27)12-18-8-10-19(11-9-18)22-14-30-17(3)25-22/h4-11,14,16,26H,12-13,15H2,1-3H3,(H,24,27). The molecule has 0 spiro atoms. The van der Waals surface area contributed by atoms with E-state index in [1.54, 1.807) is 37.3 Å². The molecule has 0 saturated carbocycles. The van der Waals surface area contributed by atoms with E-state index >= 15 is 0 Å². The van der Waals surface area contributed by atoms with E-state index in [1.807, 2.05) is 48.7 Å². The maximum absolute atomic E-state index is 12.4. The zero-order valence-electron chi connectivity index (χ0n) is 17.9. The van der Waals surface area contributed by atoms with Gasteiger partial charge in [0.25, 0.3) is 0 Å². The molecule has 164 valence electrons. The second kappa shape index (κ2) is 10.2. The number of carbonyl (C=O) groups is 1. The van der Waals surface area contributed by atoms with Crippen LogP contribution in [0, 0.1) is 6.92 Å². The lowest BCUT2D eigenvalue weighted by molar-refractivity contribution is -0.120. The molecule has 8 heteroatoms. The molecule has 0 unspecified atom stereocenters. The van der Waals surface area contributed by atoms with E-state index in [9.17, 15) is 13.2 Å². The molecule has 0 fully saturated rings. The summed E-state index contributed by atoms with van der Waals surface area (Å²) in [7, 11) is -3.44. The Hall–Kier alpha value is -2.55. The van der Waals surface area contributed by atoms with Crippen molar-refractivity contribution in [2.45, 2.75) is 45.5 Å². The van der Waals surface area contributed by atoms with Crippen molar-refractivity contribution in [1.82, 2.24) is 15.0 Å². The molecule has 0 atom stereocenters. The fourth-order valence-electron chi connectivity index (χ4n) is 3.21. The molecule has 0 bridgehead atoms. The minimum absolute atomic E-state index is 0.116. The highest BCUT2D eigenvalue weighted by Crippen LogP contribution is 2.22. The van der Waals surface area contributed by atoms with E-state index in [0.29, 0.717) is 5.56 Å². The normalized spacial score (nSPS) is 11.6. The summed E-state index contributed by atoms with van der Waals surface area (Å²) in [6.07, 6.45) is 0.256. The lowest BCUT2D eigenvalue weighted by Gasteiger charge is -2.13. The zero-order chi connectivity index (χ0) is 22.4. The third kappa shape index (κ3) is 6.99. The molecule has 31 heavy (non-hydrogen) atoms. The first kappa shape index (κ1) is 23.1. The summed E-state index contributed by atoms with van der Waals surface area (Å²) >= 11 is 1.61. The molecule has 1 aromatic heterocycles. The monoisotopic (exact) mass is 457 g/mol. The van der Waals surface area contributed by atoms with E-state index in [1.165, 1.54) is 0 Å². The number of rotatable bonds is 9. The van der Waals surface area contributed by atoms with E-state index < -0.39 is 10.0 Å². The number of hydrogen-bond donors (Lipinski definition) is 2. The SMILES string of the molecule is Cc1nc(-c2ccc(CC(=O)NCc3ccccc3CS(=O)(=O)NC(C)C)cc2)cs1. The molecule has 0 aliphatic heterocycles. The van der Waals surface area contributed by atoms with Crippen LogP contribution in [0.2, 0.25) is 0 Å². The Kier molecular flexibility index (Phi) is 7.59. The third-order valence-corrected chi connectivity index (χ3v) is 6.88. The van der Waals surface area contributed by atoms with E-state index in [2.05, 4.69) is 15.0 Å². The maximum Gasteiger partial charge on any atom is 0.224 e. The van der Waals surface area contributed by atoms with Crippen LogP contribution in [-0.2, 0) is 33.5 Å². The van der Waals surface area contributed by atoms with Crippen molar-refractivity contribution in [2.24, 2.45) is 0 Å². The molecule has 3 aromatic rings. The summed E-state index contributed by atoms with van der Waals surface area (Å²) in [5.41, 5.74) is 4.35. The average Bonchev–Trinajstić information content (AvgIpc) is 3.13. The van der Waals surface area contributed by atoms with Gasteiger partial charge in [-0.15, -0.1) is 11.3 Å². The van der Waals surface area contributed by atoms with E-state index in [4.69, 9.17) is 0 Å². The van der Waals surface area contributed by atoms with Crippen molar-refractivity contribution in [3.05, 3.63) is 75.6 Å². The van der Waals surface area contributed by atoms with Crippen molar-refractivity contribution < 1.29 is 13.2 Å². The van der Waals surface area contributed by atoms with Crippen LogP contribution in [-0.4, -0.2) is 25.4 Å². The molecule has 2 N–H and O–H groups in total. The second-order valence-corrected chi connectivity index (χ2v) is 10.5. The van der Waals surface area contributed by atoms with Gasteiger partial charge in [-0.3, -0.25) is 4.79 Å². The molecule has 0 saturated heterocycles. The number of thiazole rings is 1. The highest BCUT2D eigenvalue weighted by atomic mass is 32.2. The highest BCUT2D eigenvalue weighted by molar-refractivity contribution is 7.88. The summed E-state index contributed by atoms with van der Waals surface area (Å²) in [6.45, 7) is 5.83. The van der Waals surface area contributed by atoms with Gasteiger partial charge in [-0.05, 0) is 37.5 Å². The average molecular weight is 458 g/mol. The fraction of sp³-hybridized carbons (Fsp3) is 0.304. The van der Waals surface area contributed by atoms with Crippen LogP contribution in [0.3, 0.4) is 0 Å². The van der Waals surface area contributed by atoms with Crippen molar-refractivity contribution in [3.8, 4) is 11.3 Å². The van der Waals surface area contributed by atoms with Gasteiger partial charge in [0.1, 0.15) is 0 Å². The van der Waals surface area contributed by atoms with Crippen LogP contribution >= 0.6 is 11.3 Å². The molecule has 0 aliphatic rings. The first-order valence-corrected chi connectivity index (χ1v) is 12.6. The van der Waals surface area contributed by atoms with Gasteiger partial charge in [-0.2, -0.15) is 0 Å². The van der Waals surface area contributed by atoms with Gasteiger partial charge in [0.2, 0.25) is 15.9 Å². The number of nitrogens with zero attached hydrogens (tertiary/aromatic N) is 1. The predicted octanol–water partition coefficient (Wildman–Crippen LogP) is 3.81. The lowest BCUT2D eigenvalue weighted by Crippen LogP contribution is -2.32. The largest absolute Gasteiger partial charge is 0.352 e. The third-order valence-electron chi connectivity index (χ3n) is 4.59. The Morgan fingerprint density at radius 2 is 1.74 bits per heavy atom. The Balaban J connectivity index is 1.59. The van der Waals surface area contributed by atoms with Gasteiger partial charge >= 0.3 is 0 Å². The van der Waals surface area contributed by atoms with Crippen LogP contribution in [0.25, 0.3) is 11.3 Å². The van der Waals surface area contributed by atoms with Gasteiger partial charge < -0.3 is 5.32 Å². The van der Waals surface area contributed by atoms with Gasteiger partial charge in [0, 0.05) is 23.5 Å². The molecule has 0 aliphatic carbocycles. The number of hydrogen-bond acceptors (Lipinski definition) is 5. The number of nitrogens with one attached hydrogen (secondary N) is 2. The number of aromatic nitrogens is 1. The van der Waals surface area contributed by atoms with Crippen molar-refractivity contribution in [2.75, 3.05) is 0 Å². The maximum atomic E-state index is 12.4. The number of benzene rings is 2. The van der Waals surface area contributed by atoms with Crippen LogP contribution < -0.4 is 10.0 Å². The summed E-state index contributed by atoms with van der Waals surface area (Å²) in [5, 5.41) is 5.94. The Labute approximate surface area is 187 Å². The Morgan fingerprint density at radius 3 is 2.35 bits per heavy atom. The topological polar surface area (TPSA) is 88.2 Å². The minimum atomic E-state index is -3.44. The number of carbonyl (C=O) groups excluding carboxylic acids is 1. The van der Waals surface area contributed by atoms with Crippen LogP contribution in [0.1, 0.15) is 35.5 Å². The molecule has 2 aromatic carbocycles. The fourth-order valence-corrected chi connectivity index (χ4v) is 5.32. The number of amides is 1. The van der Waals surface area contributed by atoms with Crippen LogP contribution in [0.5, 0.6) is 0 Å². The van der Waals surface area contributed by atoms with Crippen molar-refractivity contribution in [3.63, 3.8) is 0 Å². The van der Waals surface area contributed by atoms with Gasteiger partial charge in [0.05, 0.1) is 22.9 Å². The highest BCUT2D eigenvalue weighted by Gasteiger charge is 2.15.